The van der Waals surface area contributed by atoms with Crippen LogP contribution in [0.1, 0.15) is 38.7 Å². The van der Waals surface area contributed by atoms with Crippen LogP contribution in [0.3, 0.4) is 0 Å². The third-order valence-electron chi connectivity index (χ3n) is 3.41. The maximum atomic E-state index is 11.5. The van der Waals surface area contributed by atoms with Gasteiger partial charge in [-0.2, -0.15) is 0 Å². The second-order valence-corrected chi connectivity index (χ2v) is 6.55. The van der Waals surface area contributed by atoms with Crippen molar-refractivity contribution in [3.8, 4) is 0 Å². The number of unbranched alkanes of at least 4 members (excludes halogenated alkanes) is 1. The van der Waals surface area contributed by atoms with E-state index in [1.807, 2.05) is 18.2 Å². The van der Waals surface area contributed by atoms with Gasteiger partial charge in [-0.15, -0.1) is 0 Å². The highest BCUT2D eigenvalue weighted by atomic mass is 16.5. The predicted octanol–water partition coefficient (Wildman–Crippen LogP) is 4.04. The van der Waals surface area contributed by atoms with Gasteiger partial charge in [0.2, 0.25) is 5.91 Å². The molecule has 0 spiro atoms. The van der Waals surface area contributed by atoms with E-state index < -0.39 is 0 Å². The molecule has 0 radical (unpaired) electrons. The van der Waals surface area contributed by atoms with E-state index in [2.05, 4.69) is 38.1 Å². The maximum Gasteiger partial charge on any atom is 0.222 e. The van der Waals surface area contributed by atoms with E-state index >= 15 is 0 Å². The van der Waals surface area contributed by atoms with E-state index in [0.29, 0.717) is 19.6 Å². The van der Waals surface area contributed by atoms with Crippen molar-refractivity contribution in [2.24, 2.45) is 5.41 Å². The number of hydrogen-bond donors (Lipinski definition) is 0. The number of rotatable bonds is 9. The van der Waals surface area contributed by atoms with Gasteiger partial charge in [-0.25, -0.2) is 0 Å². The molecular weight excluding hydrogens is 274 g/mol. The highest BCUT2D eigenvalue weighted by Gasteiger charge is 2.13. The quantitative estimate of drug-likeness (QED) is 0.509. The van der Waals surface area contributed by atoms with E-state index in [1.165, 1.54) is 5.56 Å². The minimum atomic E-state index is 0.0142. The summed E-state index contributed by atoms with van der Waals surface area (Å²) in [6.07, 6.45) is 6.80. The Morgan fingerprint density at radius 2 is 1.91 bits per heavy atom. The lowest BCUT2D eigenvalue weighted by Gasteiger charge is -2.20. The first-order valence-corrected chi connectivity index (χ1v) is 7.90. The summed E-state index contributed by atoms with van der Waals surface area (Å²) in [4.78, 5) is 13.1. The van der Waals surface area contributed by atoms with Gasteiger partial charge >= 0.3 is 0 Å². The number of carbonyl (C=O) groups is 1. The molecule has 0 aliphatic carbocycles. The van der Waals surface area contributed by atoms with Crippen LogP contribution in [0.5, 0.6) is 0 Å². The Labute approximate surface area is 135 Å². The number of amides is 1. The molecule has 0 N–H and O–H groups in total. The first-order valence-electron chi connectivity index (χ1n) is 7.90. The van der Waals surface area contributed by atoms with Crippen LogP contribution in [-0.4, -0.2) is 31.5 Å². The van der Waals surface area contributed by atoms with Gasteiger partial charge in [0.25, 0.3) is 0 Å². The monoisotopic (exact) mass is 303 g/mol. The lowest BCUT2D eigenvalue weighted by molar-refractivity contribution is -0.128. The number of carbonyl (C=O) groups excluding carboxylic acids is 1. The Kier molecular flexibility index (Phi) is 7.89. The van der Waals surface area contributed by atoms with E-state index in [9.17, 15) is 4.79 Å². The zero-order chi connectivity index (χ0) is 16.4. The highest BCUT2D eigenvalue weighted by Crippen LogP contribution is 2.19. The smallest absolute Gasteiger partial charge is 0.222 e. The molecule has 22 heavy (non-hydrogen) atoms. The van der Waals surface area contributed by atoms with Crippen LogP contribution >= 0.6 is 0 Å². The number of ether oxygens (including phenoxy) is 1. The lowest BCUT2D eigenvalue weighted by Crippen LogP contribution is -2.21. The van der Waals surface area contributed by atoms with Crippen LogP contribution in [0.15, 0.2) is 42.5 Å². The summed E-state index contributed by atoms with van der Waals surface area (Å²) in [6, 6.07) is 10.2. The van der Waals surface area contributed by atoms with Crippen LogP contribution in [-0.2, 0) is 16.1 Å². The Morgan fingerprint density at radius 3 is 2.55 bits per heavy atom. The molecule has 3 nitrogen and oxygen atoms in total. The second kappa shape index (κ2) is 9.42. The average molecular weight is 303 g/mol. The summed E-state index contributed by atoms with van der Waals surface area (Å²) < 4.78 is 5.80. The third-order valence-corrected chi connectivity index (χ3v) is 3.41. The molecule has 3 heteroatoms. The molecule has 0 saturated heterocycles. The Balaban J connectivity index is 2.22. The zero-order valence-electron chi connectivity index (χ0n) is 14.3. The molecule has 1 aromatic rings. The Hall–Kier alpha value is -1.61. The van der Waals surface area contributed by atoms with Gasteiger partial charge in [0, 0.05) is 25.9 Å². The van der Waals surface area contributed by atoms with Crippen LogP contribution in [0.4, 0.5) is 0 Å². The third kappa shape index (κ3) is 7.99. The van der Waals surface area contributed by atoms with Crippen LogP contribution in [0.2, 0.25) is 0 Å². The van der Waals surface area contributed by atoms with E-state index in [-0.39, 0.29) is 11.3 Å². The van der Waals surface area contributed by atoms with E-state index in [4.69, 9.17) is 4.74 Å². The SMILES string of the molecule is CN(C)C(=O)CCC/C=C\C(C)(C)COCc1ccccc1. The largest absolute Gasteiger partial charge is 0.376 e. The zero-order valence-corrected chi connectivity index (χ0v) is 14.3. The van der Waals surface area contributed by atoms with Gasteiger partial charge in [0.05, 0.1) is 13.2 Å². The number of allylic oxidation sites excluding steroid dienone is 1. The van der Waals surface area contributed by atoms with Crippen molar-refractivity contribution in [2.45, 2.75) is 39.7 Å². The standard InChI is InChI=1S/C19H29NO2/c1-19(2,14-10-6-9-13-18(21)20(3)4)16-22-15-17-11-7-5-8-12-17/h5,7-8,10-12,14H,6,9,13,15-16H2,1-4H3/b14-10-. The first kappa shape index (κ1) is 18.4. The van der Waals surface area contributed by atoms with Crippen LogP contribution in [0, 0.1) is 5.41 Å². The molecule has 1 rings (SSSR count). The topological polar surface area (TPSA) is 29.5 Å². The fraction of sp³-hybridized carbons (Fsp3) is 0.526. The maximum absolute atomic E-state index is 11.5. The first-order chi connectivity index (χ1) is 10.4. The van der Waals surface area contributed by atoms with Gasteiger partial charge in [-0.1, -0.05) is 56.3 Å². The summed E-state index contributed by atoms with van der Waals surface area (Å²) >= 11 is 0. The molecule has 0 atom stereocenters. The fourth-order valence-electron chi connectivity index (χ4n) is 2.05. The molecule has 0 unspecified atom stereocenters. The molecule has 0 fully saturated rings. The van der Waals surface area contributed by atoms with Gasteiger partial charge in [0.1, 0.15) is 0 Å². The van der Waals surface area contributed by atoms with Crippen molar-refractivity contribution in [1.82, 2.24) is 4.90 Å². The summed E-state index contributed by atoms with van der Waals surface area (Å²) in [5.74, 6) is 0.193. The summed E-state index contributed by atoms with van der Waals surface area (Å²) in [5.41, 5.74) is 1.21. The molecule has 0 saturated carbocycles. The molecular formula is C19H29NO2. The Bertz CT molecular complexity index is 464. The normalized spacial score (nSPS) is 11.8. The van der Waals surface area contributed by atoms with Crippen molar-refractivity contribution >= 4 is 5.91 Å². The lowest BCUT2D eigenvalue weighted by atomic mass is 9.93. The molecule has 1 aromatic carbocycles. The summed E-state index contributed by atoms with van der Waals surface area (Å²) in [5, 5.41) is 0. The minimum Gasteiger partial charge on any atom is -0.376 e. The summed E-state index contributed by atoms with van der Waals surface area (Å²) in [7, 11) is 3.59. The number of nitrogens with zero attached hydrogens (tertiary/aromatic N) is 1. The second-order valence-electron chi connectivity index (χ2n) is 6.55. The van der Waals surface area contributed by atoms with Gasteiger partial charge < -0.3 is 9.64 Å². The van der Waals surface area contributed by atoms with E-state index in [0.717, 1.165) is 12.8 Å². The fourth-order valence-corrected chi connectivity index (χ4v) is 2.05. The molecule has 0 bridgehead atoms. The summed E-state index contributed by atoms with van der Waals surface area (Å²) in [6.45, 7) is 5.67. The average Bonchev–Trinajstić information content (AvgIpc) is 2.47. The van der Waals surface area contributed by atoms with Crippen molar-refractivity contribution in [3.63, 3.8) is 0 Å². The predicted molar refractivity (Wildman–Crippen MR) is 91.6 cm³/mol. The molecule has 1 amide bonds. The molecule has 0 aliphatic rings. The minimum absolute atomic E-state index is 0.0142. The van der Waals surface area contributed by atoms with Gasteiger partial charge in [-0.05, 0) is 18.4 Å². The Morgan fingerprint density at radius 1 is 1.23 bits per heavy atom. The molecule has 0 heterocycles. The van der Waals surface area contributed by atoms with Crippen molar-refractivity contribution in [2.75, 3.05) is 20.7 Å². The van der Waals surface area contributed by atoms with Crippen molar-refractivity contribution < 1.29 is 9.53 Å². The number of benzene rings is 1. The molecule has 0 aliphatic heterocycles. The van der Waals surface area contributed by atoms with Gasteiger partial charge in [-0.3, -0.25) is 4.79 Å². The molecule has 122 valence electrons. The van der Waals surface area contributed by atoms with Crippen molar-refractivity contribution in [3.05, 3.63) is 48.0 Å². The van der Waals surface area contributed by atoms with Gasteiger partial charge in [0.15, 0.2) is 0 Å². The highest BCUT2D eigenvalue weighted by molar-refractivity contribution is 5.75. The van der Waals surface area contributed by atoms with Crippen molar-refractivity contribution in [1.29, 1.82) is 0 Å². The number of hydrogen-bond acceptors (Lipinski definition) is 2. The van der Waals surface area contributed by atoms with Crippen LogP contribution < -0.4 is 0 Å². The molecule has 0 aromatic heterocycles. The van der Waals surface area contributed by atoms with E-state index in [1.54, 1.807) is 19.0 Å². The van der Waals surface area contributed by atoms with Crippen LogP contribution in [0.25, 0.3) is 0 Å².